The van der Waals surface area contributed by atoms with Crippen molar-refractivity contribution in [1.82, 2.24) is 10.2 Å². The molecule has 28 heavy (non-hydrogen) atoms. The normalized spacial score (nSPS) is 21.9. The molecule has 3 rings (SSSR count). The molecule has 2 saturated heterocycles. The Kier molecular flexibility index (Phi) is 7.40. The van der Waals surface area contributed by atoms with Crippen molar-refractivity contribution in [3.8, 4) is 5.75 Å². The first-order valence-electron chi connectivity index (χ1n) is 8.94. The number of carboxylic acids is 1. The fourth-order valence-corrected chi connectivity index (χ4v) is 3.63. The van der Waals surface area contributed by atoms with Crippen LogP contribution in [0.3, 0.4) is 0 Å². The van der Waals surface area contributed by atoms with Gasteiger partial charge in [0.25, 0.3) is 0 Å². The van der Waals surface area contributed by atoms with Crippen LogP contribution in [0.5, 0.6) is 5.75 Å². The van der Waals surface area contributed by atoms with Crippen LogP contribution in [0.1, 0.15) is 12.0 Å². The number of carbonyl (C=O) groups is 2. The fourth-order valence-electron chi connectivity index (χ4n) is 2.72. The average molecular weight is 406 g/mol. The molecule has 1 unspecified atom stereocenters. The Bertz CT molecular complexity index is 764. The highest BCUT2D eigenvalue weighted by Crippen LogP contribution is 2.22. The summed E-state index contributed by atoms with van der Waals surface area (Å²) in [5.74, 6) is -0.694. The minimum absolute atomic E-state index is 0.251. The molecule has 1 atom stereocenters. The van der Waals surface area contributed by atoms with Gasteiger partial charge in [-0.2, -0.15) is 5.10 Å². The van der Waals surface area contributed by atoms with Gasteiger partial charge in [-0.15, -0.1) is 5.10 Å². The zero-order valence-electron chi connectivity index (χ0n) is 15.2. The second-order valence-corrected chi connectivity index (χ2v) is 7.38. The molecule has 2 heterocycles. The molecule has 2 fully saturated rings. The van der Waals surface area contributed by atoms with E-state index in [-0.39, 0.29) is 12.3 Å². The molecule has 0 aromatic heterocycles. The Labute approximate surface area is 166 Å². The van der Waals surface area contributed by atoms with Crippen LogP contribution < -0.4 is 10.1 Å². The third kappa shape index (κ3) is 6.04. The summed E-state index contributed by atoms with van der Waals surface area (Å²) in [5.41, 5.74) is 0.769. The molecule has 150 valence electrons. The number of carboxylic acid groups (broad SMARTS) is 1. The topological polar surface area (TPSA) is 113 Å². The smallest absolute Gasteiger partial charge is 0.305 e. The maximum absolute atomic E-state index is 11.7. The summed E-state index contributed by atoms with van der Waals surface area (Å²) >= 11 is 1.06. The summed E-state index contributed by atoms with van der Waals surface area (Å²) < 4.78 is 11.2. The number of morpholine rings is 1. The van der Waals surface area contributed by atoms with Crippen molar-refractivity contribution in [3.05, 3.63) is 29.8 Å². The van der Waals surface area contributed by atoms with Gasteiger partial charge >= 0.3 is 5.97 Å². The molecule has 1 amide bonds. The van der Waals surface area contributed by atoms with Gasteiger partial charge in [0, 0.05) is 25.2 Å². The van der Waals surface area contributed by atoms with E-state index >= 15 is 0 Å². The van der Waals surface area contributed by atoms with E-state index < -0.39 is 11.2 Å². The van der Waals surface area contributed by atoms with Gasteiger partial charge in [0.2, 0.25) is 5.91 Å². The lowest BCUT2D eigenvalue weighted by atomic mass is 10.2. The highest BCUT2D eigenvalue weighted by atomic mass is 32.2. The minimum atomic E-state index is -1.03. The molecule has 2 aliphatic heterocycles. The van der Waals surface area contributed by atoms with Crippen LogP contribution in [0.15, 0.2) is 34.5 Å². The maximum Gasteiger partial charge on any atom is 0.305 e. The summed E-state index contributed by atoms with van der Waals surface area (Å²) in [6, 6.07) is 7.49. The second kappa shape index (κ2) is 10.2. The molecule has 2 N–H and O–H groups in total. The molecule has 1 aromatic carbocycles. The summed E-state index contributed by atoms with van der Waals surface area (Å²) in [7, 11) is 0. The van der Waals surface area contributed by atoms with Crippen molar-refractivity contribution in [2.45, 2.75) is 11.7 Å². The van der Waals surface area contributed by atoms with Gasteiger partial charge in [0.15, 0.2) is 5.17 Å². The number of hydrogen-bond donors (Lipinski definition) is 2. The molecular weight excluding hydrogens is 384 g/mol. The summed E-state index contributed by atoms with van der Waals surface area (Å²) in [4.78, 5) is 24.7. The molecule has 10 heteroatoms. The number of amidine groups is 1. The van der Waals surface area contributed by atoms with Crippen molar-refractivity contribution in [2.75, 3.05) is 39.5 Å². The predicted molar refractivity (Wildman–Crippen MR) is 106 cm³/mol. The van der Waals surface area contributed by atoms with E-state index in [1.807, 2.05) is 24.3 Å². The molecule has 0 bridgehead atoms. The van der Waals surface area contributed by atoms with Crippen LogP contribution in [0.2, 0.25) is 0 Å². The number of rotatable bonds is 8. The highest BCUT2D eigenvalue weighted by molar-refractivity contribution is 8.15. The predicted octanol–water partition coefficient (Wildman–Crippen LogP) is 0.794. The molecule has 0 aliphatic carbocycles. The Hall–Kier alpha value is -2.43. The number of nitrogens with zero attached hydrogens (tertiary/aromatic N) is 3. The lowest BCUT2D eigenvalue weighted by Gasteiger charge is -2.26. The largest absolute Gasteiger partial charge is 0.492 e. The van der Waals surface area contributed by atoms with Crippen molar-refractivity contribution >= 4 is 35.0 Å². The van der Waals surface area contributed by atoms with Crippen molar-refractivity contribution in [3.63, 3.8) is 0 Å². The van der Waals surface area contributed by atoms with Crippen LogP contribution in [0.25, 0.3) is 0 Å². The zero-order valence-corrected chi connectivity index (χ0v) is 16.1. The molecule has 9 nitrogen and oxygen atoms in total. The summed E-state index contributed by atoms with van der Waals surface area (Å²) in [5, 5.41) is 18.9. The Morgan fingerprint density at radius 3 is 2.96 bits per heavy atom. The monoisotopic (exact) mass is 406 g/mol. The highest BCUT2D eigenvalue weighted by Gasteiger charge is 2.32. The first-order chi connectivity index (χ1) is 13.6. The maximum atomic E-state index is 11.7. The third-order valence-electron chi connectivity index (χ3n) is 4.17. The van der Waals surface area contributed by atoms with E-state index in [0.717, 1.165) is 50.2 Å². The molecule has 1 aromatic rings. The molecule has 0 spiro atoms. The third-order valence-corrected chi connectivity index (χ3v) is 5.24. The SMILES string of the molecule is O=C(O)CC1SC(=NN=Cc2ccccc2OCCN2CCOCC2)NC1=O. The zero-order chi connectivity index (χ0) is 19.8. The van der Waals surface area contributed by atoms with E-state index in [2.05, 4.69) is 20.4 Å². The number of amides is 1. The lowest BCUT2D eigenvalue weighted by molar-refractivity contribution is -0.138. The van der Waals surface area contributed by atoms with Gasteiger partial charge in [-0.25, -0.2) is 0 Å². The molecule has 0 saturated carbocycles. The summed E-state index contributed by atoms with van der Waals surface area (Å²) in [6.07, 6.45) is 1.30. The van der Waals surface area contributed by atoms with Crippen molar-refractivity contribution < 1.29 is 24.2 Å². The van der Waals surface area contributed by atoms with E-state index in [1.165, 1.54) is 0 Å². The van der Waals surface area contributed by atoms with Crippen LogP contribution in [-0.2, 0) is 14.3 Å². The second-order valence-electron chi connectivity index (χ2n) is 6.18. The van der Waals surface area contributed by atoms with E-state index in [4.69, 9.17) is 14.6 Å². The quantitative estimate of drug-likeness (QED) is 0.485. The number of benzene rings is 1. The minimum Gasteiger partial charge on any atom is -0.492 e. The van der Waals surface area contributed by atoms with Gasteiger partial charge in [0.1, 0.15) is 17.6 Å². The Morgan fingerprint density at radius 1 is 1.39 bits per heavy atom. The van der Waals surface area contributed by atoms with Gasteiger partial charge < -0.3 is 19.9 Å². The molecule has 2 aliphatic rings. The van der Waals surface area contributed by atoms with Crippen LogP contribution >= 0.6 is 11.8 Å². The van der Waals surface area contributed by atoms with Crippen LogP contribution in [0.4, 0.5) is 0 Å². The standard InChI is InChI=1S/C18H22N4O5S/c23-16(24)11-15-17(25)20-18(28-15)21-19-12-13-3-1-2-4-14(13)27-10-7-22-5-8-26-9-6-22/h1-4,12,15H,5-11H2,(H,23,24)(H,20,21,25). The number of thioether (sulfide) groups is 1. The number of hydrogen-bond acceptors (Lipinski definition) is 8. The van der Waals surface area contributed by atoms with Crippen molar-refractivity contribution in [2.24, 2.45) is 10.2 Å². The number of ether oxygens (including phenoxy) is 2. The number of nitrogens with one attached hydrogen (secondary N) is 1. The number of aliphatic carboxylic acids is 1. The van der Waals surface area contributed by atoms with Gasteiger partial charge in [0.05, 0.1) is 25.8 Å². The van der Waals surface area contributed by atoms with Crippen LogP contribution in [0, 0.1) is 0 Å². The first-order valence-corrected chi connectivity index (χ1v) is 9.82. The number of carbonyl (C=O) groups excluding carboxylic acids is 1. The van der Waals surface area contributed by atoms with Crippen molar-refractivity contribution in [1.29, 1.82) is 0 Å². The Balaban J connectivity index is 1.54. The van der Waals surface area contributed by atoms with Gasteiger partial charge in [-0.1, -0.05) is 23.9 Å². The molecular formula is C18H22N4O5S. The van der Waals surface area contributed by atoms with E-state index in [0.29, 0.717) is 17.5 Å². The summed E-state index contributed by atoms with van der Waals surface area (Å²) in [6.45, 7) is 4.72. The lowest BCUT2D eigenvalue weighted by Crippen LogP contribution is -2.38. The van der Waals surface area contributed by atoms with E-state index in [1.54, 1.807) is 6.21 Å². The fraction of sp³-hybridized carbons (Fsp3) is 0.444. The first kappa shape index (κ1) is 20.3. The van der Waals surface area contributed by atoms with Gasteiger partial charge in [-0.05, 0) is 12.1 Å². The molecule has 0 radical (unpaired) electrons. The Morgan fingerprint density at radius 2 is 2.18 bits per heavy atom. The van der Waals surface area contributed by atoms with Crippen LogP contribution in [-0.4, -0.2) is 78.0 Å². The van der Waals surface area contributed by atoms with E-state index in [9.17, 15) is 9.59 Å². The van der Waals surface area contributed by atoms with Gasteiger partial charge in [-0.3, -0.25) is 14.5 Å². The number of para-hydroxylation sites is 1. The average Bonchev–Trinajstić information content (AvgIpc) is 3.02.